The summed E-state index contributed by atoms with van der Waals surface area (Å²) in [5, 5.41) is 9.83. The molecule has 0 unspecified atom stereocenters. The number of amides is 1. The monoisotopic (exact) mass is 338 g/mol. The lowest BCUT2D eigenvalue weighted by Crippen LogP contribution is -2.31. The highest BCUT2D eigenvalue weighted by atomic mass is 16.1. The van der Waals surface area contributed by atoms with Crippen molar-refractivity contribution in [3.63, 3.8) is 0 Å². The van der Waals surface area contributed by atoms with E-state index in [1.54, 1.807) is 7.05 Å². The van der Waals surface area contributed by atoms with Crippen LogP contribution in [0, 0.1) is 13.8 Å². The zero-order valence-corrected chi connectivity index (χ0v) is 14.7. The molecule has 7 heteroatoms. The Morgan fingerprint density at radius 3 is 3.00 bits per heavy atom. The first-order chi connectivity index (χ1) is 12.1. The van der Waals surface area contributed by atoms with Crippen molar-refractivity contribution in [3.05, 3.63) is 46.0 Å². The quantitative estimate of drug-likeness (QED) is 0.679. The van der Waals surface area contributed by atoms with Gasteiger partial charge in [0.2, 0.25) is 0 Å². The van der Waals surface area contributed by atoms with Gasteiger partial charge in [-0.2, -0.15) is 5.10 Å². The van der Waals surface area contributed by atoms with E-state index in [2.05, 4.69) is 51.4 Å². The minimum absolute atomic E-state index is 0.144. The van der Waals surface area contributed by atoms with Crippen molar-refractivity contribution in [1.29, 1.82) is 0 Å². The summed E-state index contributed by atoms with van der Waals surface area (Å²) >= 11 is 0. The van der Waals surface area contributed by atoms with Crippen LogP contribution >= 0.6 is 0 Å². The van der Waals surface area contributed by atoms with Gasteiger partial charge in [-0.3, -0.25) is 14.8 Å². The summed E-state index contributed by atoms with van der Waals surface area (Å²) in [4.78, 5) is 22.5. The molecule has 2 aromatic heterocycles. The van der Waals surface area contributed by atoms with Gasteiger partial charge in [-0.25, -0.2) is 4.98 Å². The zero-order valence-electron chi connectivity index (χ0n) is 14.7. The normalized spacial score (nSPS) is 14.7. The number of hydrogen-bond donors (Lipinski definition) is 3. The highest BCUT2D eigenvalue weighted by Gasteiger charge is 2.25. The molecule has 0 fully saturated rings. The van der Waals surface area contributed by atoms with Gasteiger partial charge >= 0.3 is 0 Å². The Balaban J connectivity index is 1.58. The van der Waals surface area contributed by atoms with Gasteiger partial charge in [-0.05, 0) is 31.0 Å². The van der Waals surface area contributed by atoms with Gasteiger partial charge in [0.05, 0.1) is 17.6 Å². The van der Waals surface area contributed by atoms with Gasteiger partial charge in [0.15, 0.2) is 5.69 Å². The minimum atomic E-state index is -0.144. The minimum Gasteiger partial charge on any atom is -0.354 e. The maximum atomic E-state index is 12.0. The summed E-state index contributed by atoms with van der Waals surface area (Å²) < 4.78 is 0. The van der Waals surface area contributed by atoms with Crippen molar-refractivity contribution in [2.75, 3.05) is 13.6 Å². The van der Waals surface area contributed by atoms with Crippen molar-refractivity contribution < 1.29 is 4.79 Å². The molecule has 1 aliphatic rings. The van der Waals surface area contributed by atoms with Gasteiger partial charge < -0.3 is 10.3 Å². The second-order valence-electron chi connectivity index (χ2n) is 6.66. The summed E-state index contributed by atoms with van der Waals surface area (Å²) in [6, 6.07) is 4.20. The van der Waals surface area contributed by atoms with Crippen LogP contribution in [0.5, 0.6) is 0 Å². The molecule has 0 atom stereocenters. The molecule has 0 spiro atoms. The molecular weight excluding hydrogens is 316 g/mol. The van der Waals surface area contributed by atoms with E-state index < -0.39 is 0 Å². The molecule has 3 heterocycles. The van der Waals surface area contributed by atoms with Crippen LogP contribution in [0.3, 0.4) is 0 Å². The third-order valence-corrected chi connectivity index (χ3v) is 5.06. The molecule has 130 valence electrons. The fraction of sp³-hybridized carbons (Fsp3) is 0.389. The number of carbonyl (C=O) groups excluding carboxylic acids is 1. The van der Waals surface area contributed by atoms with Gasteiger partial charge in [0.25, 0.3) is 5.91 Å². The number of nitrogens with one attached hydrogen (secondary N) is 3. The van der Waals surface area contributed by atoms with E-state index in [0.29, 0.717) is 12.2 Å². The maximum Gasteiger partial charge on any atom is 0.271 e. The van der Waals surface area contributed by atoms with Crippen LogP contribution in [0.2, 0.25) is 0 Å². The van der Waals surface area contributed by atoms with Gasteiger partial charge in [0, 0.05) is 37.8 Å². The molecule has 0 saturated heterocycles. The average Bonchev–Trinajstić information content (AvgIpc) is 3.21. The summed E-state index contributed by atoms with van der Waals surface area (Å²) in [5.41, 5.74) is 7.14. The van der Waals surface area contributed by atoms with E-state index in [1.165, 1.54) is 11.1 Å². The molecule has 0 saturated carbocycles. The lowest BCUT2D eigenvalue weighted by Gasteiger charge is -2.25. The molecule has 3 aromatic rings. The molecule has 1 amide bonds. The summed E-state index contributed by atoms with van der Waals surface area (Å²) in [5.74, 6) is 0.811. The van der Waals surface area contributed by atoms with Crippen LogP contribution in [-0.4, -0.2) is 44.6 Å². The number of hydrogen-bond acceptors (Lipinski definition) is 4. The van der Waals surface area contributed by atoms with Gasteiger partial charge in [-0.15, -0.1) is 0 Å². The van der Waals surface area contributed by atoms with E-state index in [4.69, 9.17) is 4.98 Å². The SMILES string of the molecule is CNC(=O)c1n[nH]c2c1CN(Cc1nc3c(C)c(C)ccc3[nH]1)CC2. The summed E-state index contributed by atoms with van der Waals surface area (Å²) in [6.45, 7) is 6.55. The average molecular weight is 338 g/mol. The first-order valence-electron chi connectivity index (χ1n) is 8.52. The van der Waals surface area contributed by atoms with Crippen molar-refractivity contribution in [1.82, 2.24) is 30.4 Å². The fourth-order valence-electron chi connectivity index (χ4n) is 3.44. The predicted octanol–water partition coefficient (Wildman–Crippen LogP) is 1.82. The van der Waals surface area contributed by atoms with E-state index in [9.17, 15) is 4.79 Å². The Bertz CT molecular complexity index is 954. The van der Waals surface area contributed by atoms with E-state index in [-0.39, 0.29) is 5.91 Å². The number of H-pyrrole nitrogens is 2. The molecular formula is C18H22N6O. The standard InChI is InChI=1S/C18H22N6O/c1-10-4-5-14-16(11(10)2)21-15(20-14)9-24-7-6-13-12(8-24)17(23-22-13)18(25)19-3/h4-5H,6-9H2,1-3H3,(H,19,25)(H,20,21)(H,22,23). The van der Waals surface area contributed by atoms with Crippen LogP contribution in [0.25, 0.3) is 11.0 Å². The van der Waals surface area contributed by atoms with E-state index in [0.717, 1.165) is 47.6 Å². The number of aryl methyl sites for hydroxylation is 2. The van der Waals surface area contributed by atoms with Crippen LogP contribution in [0.15, 0.2) is 12.1 Å². The largest absolute Gasteiger partial charge is 0.354 e. The van der Waals surface area contributed by atoms with Crippen LogP contribution in [0.4, 0.5) is 0 Å². The molecule has 1 aromatic carbocycles. The molecule has 3 N–H and O–H groups in total. The maximum absolute atomic E-state index is 12.0. The van der Waals surface area contributed by atoms with Gasteiger partial charge in [-0.1, -0.05) is 6.07 Å². The topological polar surface area (TPSA) is 89.7 Å². The molecule has 1 aliphatic heterocycles. The Morgan fingerprint density at radius 2 is 2.20 bits per heavy atom. The summed E-state index contributed by atoms with van der Waals surface area (Å²) in [7, 11) is 1.63. The number of carbonyl (C=O) groups is 1. The van der Waals surface area contributed by atoms with Crippen LogP contribution < -0.4 is 5.32 Å². The molecule has 0 bridgehead atoms. The molecule has 0 aliphatic carbocycles. The Labute approximate surface area is 145 Å². The fourth-order valence-corrected chi connectivity index (χ4v) is 3.44. The lowest BCUT2D eigenvalue weighted by molar-refractivity contribution is 0.0955. The Kier molecular flexibility index (Phi) is 3.80. The van der Waals surface area contributed by atoms with E-state index in [1.807, 2.05) is 0 Å². The summed E-state index contributed by atoms with van der Waals surface area (Å²) in [6.07, 6.45) is 0.859. The van der Waals surface area contributed by atoms with Crippen molar-refractivity contribution >= 4 is 16.9 Å². The Hall–Kier alpha value is -2.67. The zero-order chi connectivity index (χ0) is 17.6. The van der Waals surface area contributed by atoms with Crippen molar-refractivity contribution in [2.24, 2.45) is 0 Å². The van der Waals surface area contributed by atoms with Gasteiger partial charge in [0.1, 0.15) is 5.82 Å². The molecule has 7 nitrogen and oxygen atoms in total. The molecule has 4 rings (SSSR count). The molecule has 0 radical (unpaired) electrons. The number of fused-ring (bicyclic) bond motifs is 2. The number of benzene rings is 1. The smallest absolute Gasteiger partial charge is 0.271 e. The number of aromatic amines is 2. The number of nitrogens with zero attached hydrogens (tertiary/aromatic N) is 3. The highest BCUT2D eigenvalue weighted by molar-refractivity contribution is 5.93. The number of imidazole rings is 1. The van der Waals surface area contributed by atoms with Crippen LogP contribution in [0.1, 0.15) is 38.7 Å². The first-order valence-corrected chi connectivity index (χ1v) is 8.52. The van der Waals surface area contributed by atoms with Crippen molar-refractivity contribution in [2.45, 2.75) is 33.4 Å². The van der Waals surface area contributed by atoms with Crippen molar-refractivity contribution in [3.8, 4) is 0 Å². The second-order valence-corrected chi connectivity index (χ2v) is 6.66. The first kappa shape index (κ1) is 15.8. The predicted molar refractivity (Wildman–Crippen MR) is 95.4 cm³/mol. The molecule has 25 heavy (non-hydrogen) atoms. The third-order valence-electron chi connectivity index (χ3n) is 5.06. The number of aromatic nitrogens is 4. The lowest BCUT2D eigenvalue weighted by atomic mass is 10.0. The number of rotatable bonds is 3. The highest BCUT2D eigenvalue weighted by Crippen LogP contribution is 2.23. The Morgan fingerprint density at radius 1 is 1.36 bits per heavy atom. The van der Waals surface area contributed by atoms with Crippen LogP contribution in [-0.2, 0) is 19.5 Å². The third kappa shape index (κ3) is 2.70. The second kappa shape index (κ2) is 6.00. The van der Waals surface area contributed by atoms with E-state index >= 15 is 0 Å².